The Morgan fingerprint density at radius 2 is 1.89 bits per heavy atom. The largest absolute Gasteiger partial charge is 0.398 e. The van der Waals surface area contributed by atoms with E-state index in [1.54, 1.807) is 36.4 Å². The Morgan fingerprint density at radius 3 is 2.53 bits per heavy atom. The monoisotopic (exact) mass is 339 g/mol. The number of rotatable bonds is 3. The van der Waals surface area contributed by atoms with Crippen molar-refractivity contribution >= 4 is 31.5 Å². The highest BCUT2D eigenvalue weighted by molar-refractivity contribution is 9.10. The van der Waals surface area contributed by atoms with E-state index in [4.69, 9.17) is 5.73 Å². The summed E-state index contributed by atoms with van der Waals surface area (Å²) < 4.78 is 25.5. The summed E-state index contributed by atoms with van der Waals surface area (Å²) in [5, 5.41) is 0. The van der Waals surface area contributed by atoms with Crippen LogP contribution in [0.1, 0.15) is 11.1 Å². The van der Waals surface area contributed by atoms with Gasteiger partial charge in [-0.15, -0.1) is 0 Å². The van der Waals surface area contributed by atoms with Crippen molar-refractivity contribution in [3.05, 3.63) is 58.1 Å². The molecule has 100 valence electrons. The van der Waals surface area contributed by atoms with Gasteiger partial charge in [0.05, 0.1) is 10.6 Å². The third kappa shape index (κ3) is 3.36. The number of benzene rings is 2. The van der Waals surface area contributed by atoms with E-state index in [9.17, 15) is 8.42 Å². The van der Waals surface area contributed by atoms with Crippen LogP contribution in [0.15, 0.2) is 51.8 Å². The van der Waals surface area contributed by atoms with Crippen LogP contribution in [-0.4, -0.2) is 8.42 Å². The Balaban J connectivity index is 2.36. The summed E-state index contributed by atoms with van der Waals surface area (Å²) in [4.78, 5) is 0.329. The normalized spacial score (nSPS) is 11.5. The zero-order valence-corrected chi connectivity index (χ0v) is 12.8. The fourth-order valence-corrected chi connectivity index (χ4v) is 3.66. The van der Waals surface area contributed by atoms with Crippen molar-refractivity contribution in [3.63, 3.8) is 0 Å². The van der Waals surface area contributed by atoms with Crippen LogP contribution in [0.3, 0.4) is 0 Å². The van der Waals surface area contributed by atoms with E-state index in [2.05, 4.69) is 15.9 Å². The van der Waals surface area contributed by atoms with E-state index in [1.165, 1.54) is 0 Å². The second-order valence-corrected chi connectivity index (χ2v) is 7.32. The molecule has 5 heteroatoms. The molecule has 0 fully saturated rings. The zero-order chi connectivity index (χ0) is 14.0. The van der Waals surface area contributed by atoms with Gasteiger partial charge in [-0.25, -0.2) is 8.42 Å². The van der Waals surface area contributed by atoms with Gasteiger partial charge in [0.15, 0.2) is 9.84 Å². The van der Waals surface area contributed by atoms with Crippen LogP contribution in [0, 0.1) is 6.92 Å². The third-order valence-electron chi connectivity index (χ3n) is 2.80. The number of aryl methyl sites for hydroxylation is 1. The third-order valence-corrected chi connectivity index (χ3v) is 4.96. The first-order valence-electron chi connectivity index (χ1n) is 5.72. The molecule has 0 amide bonds. The maximum absolute atomic E-state index is 12.3. The van der Waals surface area contributed by atoms with Crippen molar-refractivity contribution in [2.24, 2.45) is 0 Å². The number of nitrogen functional groups attached to an aromatic ring is 1. The molecule has 0 aromatic heterocycles. The summed E-state index contributed by atoms with van der Waals surface area (Å²) in [6.45, 7) is 1.87. The standard InChI is InChI=1S/C14H14BrNO2S/c1-10-3-2-4-13(7-10)19(17,18)9-11-5-6-12(15)8-14(11)16/h2-8H,9,16H2,1H3. The van der Waals surface area contributed by atoms with Gasteiger partial charge in [0, 0.05) is 10.2 Å². The van der Waals surface area contributed by atoms with Gasteiger partial charge in [-0.2, -0.15) is 0 Å². The van der Waals surface area contributed by atoms with Crippen LogP contribution in [0.5, 0.6) is 0 Å². The van der Waals surface area contributed by atoms with Gasteiger partial charge in [-0.05, 0) is 42.3 Å². The van der Waals surface area contributed by atoms with Gasteiger partial charge in [0.2, 0.25) is 0 Å². The Labute approximate surface area is 121 Å². The van der Waals surface area contributed by atoms with Crippen molar-refractivity contribution in [2.75, 3.05) is 5.73 Å². The molecule has 0 unspecified atom stereocenters. The molecule has 0 radical (unpaired) electrons. The van der Waals surface area contributed by atoms with Crippen molar-refractivity contribution in [3.8, 4) is 0 Å². The predicted octanol–water partition coefficient (Wildman–Crippen LogP) is 3.31. The molecule has 0 saturated carbocycles. The molecule has 0 atom stereocenters. The van der Waals surface area contributed by atoms with E-state index in [0.717, 1.165) is 10.0 Å². The van der Waals surface area contributed by atoms with Gasteiger partial charge >= 0.3 is 0 Å². The lowest BCUT2D eigenvalue weighted by Gasteiger charge is -2.08. The van der Waals surface area contributed by atoms with Gasteiger partial charge in [-0.1, -0.05) is 34.1 Å². The lowest BCUT2D eigenvalue weighted by Crippen LogP contribution is -2.07. The van der Waals surface area contributed by atoms with Crippen molar-refractivity contribution in [1.82, 2.24) is 0 Å². The van der Waals surface area contributed by atoms with Crippen LogP contribution >= 0.6 is 15.9 Å². The highest BCUT2D eigenvalue weighted by Crippen LogP contribution is 2.23. The molecule has 2 aromatic carbocycles. The van der Waals surface area contributed by atoms with Crippen LogP contribution in [0.4, 0.5) is 5.69 Å². The molecule has 3 nitrogen and oxygen atoms in total. The Kier molecular flexibility index (Phi) is 3.96. The maximum Gasteiger partial charge on any atom is 0.182 e. The summed E-state index contributed by atoms with van der Waals surface area (Å²) in [6.07, 6.45) is 0. The van der Waals surface area contributed by atoms with E-state index in [1.807, 2.05) is 13.0 Å². The molecular weight excluding hydrogens is 326 g/mol. The average molecular weight is 340 g/mol. The molecule has 0 heterocycles. The van der Waals surface area contributed by atoms with E-state index in [0.29, 0.717) is 16.1 Å². The molecule has 0 aliphatic rings. The lowest BCUT2D eigenvalue weighted by molar-refractivity contribution is 0.595. The highest BCUT2D eigenvalue weighted by atomic mass is 79.9. The second kappa shape index (κ2) is 5.35. The predicted molar refractivity (Wildman–Crippen MR) is 80.6 cm³/mol. The molecular formula is C14H14BrNO2S. The quantitative estimate of drug-likeness (QED) is 0.872. The number of halogens is 1. The summed E-state index contributed by atoms with van der Waals surface area (Å²) in [6, 6.07) is 12.1. The van der Waals surface area contributed by atoms with E-state index < -0.39 is 9.84 Å². The average Bonchev–Trinajstić information content (AvgIpc) is 2.33. The number of anilines is 1. The summed E-state index contributed by atoms with van der Waals surface area (Å²) in [5.74, 6) is -0.0877. The molecule has 19 heavy (non-hydrogen) atoms. The smallest absolute Gasteiger partial charge is 0.182 e. The molecule has 0 aliphatic carbocycles. The molecule has 0 saturated heterocycles. The van der Waals surface area contributed by atoms with Crippen LogP contribution in [0.25, 0.3) is 0 Å². The number of sulfone groups is 1. The Morgan fingerprint density at radius 1 is 1.16 bits per heavy atom. The van der Waals surface area contributed by atoms with Crippen LogP contribution < -0.4 is 5.73 Å². The fraction of sp³-hybridized carbons (Fsp3) is 0.143. The maximum atomic E-state index is 12.3. The molecule has 0 bridgehead atoms. The number of hydrogen-bond acceptors (Lipinski definition) is 3. The van der Waals surface area contributed by atoms with Gasteiger partial charge < -0.3 is 5.73 Å². The summed E-state index contributed by atoms with van der Waals surface area (Å²) >= 11 is 3.30. The first-order chi connectivity index (χ1) is 8.88. The minimum absolute atomic E-state index is 0.0877. The fourth-order valence-electron chi connectivity index (χ4n) is 1.79. The number of hydrogen-bond donors (Lipinski definition) is 1. The number of nitrogens with two attached hydrogens (primary N) is 1. The highest BCUT2D eigenvalue weighted by Gasteiger charge is 2.16. The summed E-state index contributed by atoms with van der Waals surface area (Å²) in [7, 11) is -3.37. The zero-order valence-electron chi connectivity index (χ0n) is 10.4. The Bertz CT molecular complexity index is 711. The lowest BCUT2D eigenvalue weighted by atomic mass is 10.2. The van der Waals surface area contributed by atoms with Crippen LogP contribution in [0.2, 0.25) is 0 Å². The molecule has 2 N–H and O–H groups in total. The van der Waals surface area contributed by atoms with Gasteiger partial charge in [0.25, 0.3) is 0 Å². The first-order valence-corrected chi connectivity index (χ1v) is 8.16. The van der Waals surface area contributed by atoms with Gasteiger partial charge in [-0.3, -0.25) is 0 Å². The first kappa shape index (κ1) is 14.1. The van der Waals surface area contributed by atoms with E-state index in [-0.39, 0.29) is 5.75 Å². The van der Waals surface area contributed by atoms with E-state index >= 15 is 0 Å². The van der Waals surface area contributed by atoms with Crippen molar-refractivity contribution < 1.29 is 8.42 Å². The van der Waals surface area contributed by atoms with Crippen molar-refractivity contribution in [1.29, 1.82) is 0 Å². The minimum Gasteiger partial charge on any atom is -0.398 e. The topological polar surface area (TPSA) is 60.2 Å². The molecule has 0 spiro atoms. The second-order valence-electron chi connectivity index (χ2n) is 4.42. The van der Waals surface area contributed by atoms with Gasteiger partial charge in [0.1, 0.15) is 0 Å². The molecule has 2 rings (SSSR count). The SMILES string of the molecule is Cc1cccc(S(=O)(=O)Cc2ccc(Br)cc2N)c1. The molecule has 2 aromatic rings. The molecule has 0 aliphatic heterocycles. The Hall–Kier alpha value is -1.33. The van der Waals surface area contributed by atoms with Crippen molar-refractivity contribution in [2.45, 2.75) is 17.6 Å². The van der Waals surface area contributed by atoms with Crippen LogP contribution in [-0.2, 0) is 15.6 Å². The minimum atomic E-state index is -3.37. The summed E-state index contributed by atoms with van der Waals surface area (Å²) in [5.41, 5.74) is 7.86.